The second kappa shape index (κ2) is 5.07. The average molecular weight is 324 g/mol. The molecule has 8 heteroatoms. The molecule has 16 heavy (non-hydrogen) atoms. The summed E-state index contributed by atoms with van der Waals surface area (Å²) in [6.07, 6.45) is 1.49. The van der Waals surface area contributed by atoms with E-state index in [0.717, 1.165) is 4.47 Å². The number of halogens is 1. The molecule has 0 aliphatic heterocycles. The van der Waals surface area contributed by atoms with Crippen LogP contribution in [0.25, 0.3) is 0 Å². The highest BCUT2D eigenvalue weighted by molar-refractivity contribution is 9.10. The normalized spacial score (nSPS) is 13.1. The zero-order valence-electron chi connectivity index (χ0n) is 8.34. The maximum Gasteiger partial charge on any atom is 0.243 e. The van der Waals surface area contributed by atoms with Gasteiger partial charge < -0.3 is 5.73 Å². The van der Waals surface area contributed by atoms with E-state index in [1.807, 2.05) is 0 Å². The van der Waals surface area contributed by atoms with E-state index in [0.29, 0.717) is 0 Å². The molecule has 3 N–H and O–H groups in total. The Morgan fingerprint density at radius 1 is 1.62 bits per heavy atom. The van der Waals surface area contributed by atoms with Crippen molar-refractivity contribution >= 4 is 49.0 Å². The first kappa shape index (κ1) is 13.3. The van der Waals surface area contributed by atoms with Gasteiger partial charge in [-0.3, -0.25) is 4.72 Å². The van der Waals surface area contributed by atoms with Gasteiger partial charge in [0.2, 0.25) is 10.0 Å². The number of pyridine rings is 1. The molecule has 0 saturated heterocycles. The van der Waals surface area contributed by atoms with Crippen molar-refractivity contribution in [2.75, 3.05) is 4.72 Å². The third-order valence-corrected chi connectivity index (χ3v) is 4.49. The minimum Gasteiger partial charge on any atom is -0.392 e. The molecule has 1 rings (SSSR count). The fourth-order valence-electron chi connectivity index (χ4n) is 0.823. The lowest BCUT2D eigenvalue weighted by Crippen LogP contribution is -2.35. The van der Waals surface area contributed by atoms with Crippen molar-refractivity contribution in [3.05, 3.63) is 22.8 Å². The average Bonchev–Trinajstić information content (AvgIpc) is 2.20. The molecule has 1 aromatic heterocycles. The van der Waals surface area contributed by atoms with Gasteiger partial charge in [0.25, 0.3) is 0 Å². The summed E-state index contributed by atoms with van der Waals surface area (Å²) in [5.41, 5.74) is 5.28. The molecule has 5 nitrogen and oxygen atoms in total. The fraction of sp³-hybridized carbons (Fsp3) is 0.250. The number of nitrogens with one attached hydrogen (secondary N) is 1. The van der Waals surface area contributed by atoms with Gasteiger partial charge in [-0.05, 0) is 35.0 Å². The molecule has 0 radical (unpaired) electrons. The van der Waals surface area contributed by atoms with Crippen molar-refractivity contribution in [3.8, 4) is 0 Å². The van der Waals surface area contributed by atoms with Gasteiger partial charge in [-0.2, -0.15) is 0 Å². The zero-order valence-corrected chi connectivity index (χ0v) is 11.6. The molecular weight excluding hydrogens is 314 g/mol. The summed E-state index contributed by atoms with van der Waals surface area (Å²) in [7, 11) is -3.62. The van der Waals surface area contributed by atoms with E-state index < -0.39 is 15.3 Å². The van der Waals surface area contributed by atoms with Crippen LogP contribution >= 0.6 is 28.1 Å². The van der Waals surface area contributed by atoms with Crippen molar-refractivity contribution in [2.45, 2.75) is 12.2 Å². The molecule has 0 fully saturated rings. The molecule has 0 spiro atoms. The van der Waals surface area contributed by atoms with Crippen LogP contribution in [-0.2, 0) is 10.0 Å². The van der Waals surface area contributed by atoms with Crippen LogP contribution in [0, 0.1) is 0 Å². The lowest BCUT2D eigenvalue weighted by Gasteiger charge is -2.12. The Morgan fingerprint density at radius 2 is 2.25 bits per heavy atom. The van der Waals surface area contributed by atoms with Crippen molar-refractivity contribution in [2.24, 2.45) is 5.73 Å². The number of sulfonamides is 1. The molecule has 1 unspecified atom stereocenters. The smallest absolute Gasteiger partial charge is 0.243 e. The molecule has 88 valence electrons. The summed E-state index contributed by atoms with van der Waals surface area (Å²) in [5.74, 6) is 0.228. The standard InChI is InChI=1S/C8H10BrN3O2S2/c1-5(8(10)15)16(13,14)12-7-3-2-6(9)4-11-7/h2-5H,1H3,(H2,10,15)(H,11,12). The van der Waals surface area contributed by atoms with Gasteiger partial charge in [-0.15, -0.1) is 0 Å². The number of rotatable bonds is 4. The van der Waals surface area contributed by atoms with E-state index in [-0.39, 0.29) is 10.8 Å². The highest BCUT2D eigenvalue weighted by Crippen LogP contribution is 2.13. The number of anilines is 1. The van der Waals surface area contributed by atoms with Crippen LogP contribution < -0.4 is 10.5 Å². The summed E-state index contributed by atoms with van der Waals surface area (Å²) in [6.45, 7) is 1.42. The zero-order chi connectivity index (χ0) is 12.3. The van der Waals surface area contributed by atoms with Gasteiger partial charge in [0, 0.05) is 10.7 Å². The Balaban J connectivity index is 2.89. The van der Waals surface area contributed by atoms with Crippen LogP contribution in [0.4, 0.5) is 5.82 Å². The number of hydrogen-bond acceptors (Lipinski definition) is 4. The van der Waals surface area contributed by atoms with Gasteiger partial charge in [-0.1, -0.05) is 12.2 Å². The fourth-order valence-corrected chi connectivity index (χ4v) is 2.33. The van der Waals surface area contributed by atoms with E-state index >= 15 is 0 Å². The van der Waals surface area contributed by atoms with E-state index in [9.17, 15) is 8.42 Å². The SMILES string of the molecule is CC(C(N)=S)S(=O)(=O)Nc1ccc(Br)cn1. The number of nitrogens with two attached hydrogens (primary N) is 1. The van der Waals surface area contributed by atoms with Gasteiger partial charge in [0.1, 0.15) is 11.1 Å². The van der Waals surface area contributed by atoms with Crippen molar-refractivity contribution < 1.29 is 8.42 Å². The predicted molar refractivity (Wildman–Crippen MR) is 70.7 cm³/mol. The summed E-state index contributed by atoms with van der Waals surface area (Å²) in [4.78, 5) is 3.80. The van der Waals surface area contributed by atoms with Gasteiger partial charge in [0.05, 0.1) is 4.99 Å². The van der Waals surface area contributed by atoms with Crippen LogP contribution in [0.5, 0.6) is 0 Å². The van der Waals surface area contributed by atoms with E-state index in [2.05, 4.69) is 37.9 Å². The quantitative estimate of drug-likeness (QED) is 0.815. The third kappa shape index (κ3) is 3.39. The molecule has 0 aliphatic rings. The largest absolute Gasteiger partial charge is 0.392 e. The lowest BCUT2D eigenvalue weighted by atomic mass is 10.5. The molecule has 0 saturated carbocycles. The summed E-state index contributed by atoms with van der Waals surface area (Å²) in [6, 6.07) is 3.21. The van der Waals surface area contributed by atoms with Crippen LogP contribution in [0.15, 0.2) is 22.8 Å². The molecule has 1 aromatic rings. The number of nitrogens with zero attached hydrogens (tertiary/aromatic N) is 1. The van der Waals surface area contributed by atoms with Crippen LogP contribution in [-0.4, -0.2) is 23.6 Å². The molecular formula is C8H10BrN3O2S2. The van der Waals surface area contributed by atoms with Crippen molar-refractivity contribution in [1.29, 1.82) is 0 Å². The lowest BCUT2D eigenvalue weighted by molar-refractivity contribution is 0.598. The Kier molecular flexibility index (Phi) is 4.22. The first-order valence-corrected chi connectivity index (χ1v) is 7.00. The van der Waals surface area contributed by atoms with E-state index in [4.69, 9.17) is 5.73 Å². The highest BCUT2D eigenvalue weighted by atomic mass is 79.9. The van der Waals surface area contributed by atoms with E-state index in [1.165, 1.54) is 19.2 Å². The Hall–Kier alpha value is -0.730. The maximum absolute atomic E-state index is 11.7. The van der Waals surface area contributed by atoms with Crippen molar-refractivity contribution in [1.82, 2.24) is 4.98 Å². The molecule has 0 amide bonds. The summed E-state index contributed by atoms with van der Waals surface area (Å²) >= 11 is 7.83. The Bertz CT molecular complexity index is 487. The summed E-state index contributed by atoms with van der Waals surface area (Å²) < 4.78 is 26.5. The second-order valence-electron chi connectivity index (χ2n) is 3.05. The molecule has 0 aromatic carbocycles. The Labute approximate surface area is 108 Å². The molecule has 0 bridgehead atoms. The van der Waals surface area contributed by atoms with Gasteiger partial charge in [0.15, 0.2) is 0 Å². The third-order valence-electron chi connectivity index (χ3n) is 1.84. The van der Waals surface area contributed by atoms with Crippen LogP contribution in [0.2, 0.25) is 0 Å². The Morgan fingerprint density at radius 3 is 2.69 bits per heavy atom. The number of hydrogen-bond donors (Lipinski definition) is 2. The monoisotopic (exact) mass is 323 g/mol. The maximum atomic E-state index is 11.7. The first-order valence-electron chi connectivity index (χ1n) is 4.25. The molecule has 1 atom stereocenters. The summed E-state index contributed by atoms with van der Waals surface area (Å²) in [5, 5.41) is -0.937. The van der Waals surface area contributed by atoms with Crippen LogP contribution in [0.3, 0.4) is 0 Å². The van der Waals surface area contributed by atoms with E-state index in [1.54, 1.807) is 6.07 Å². The highest BCUT2D eigenvalue weighted by Gasteiger charge is 2.23. The molecule has 1 heterocycles. The van der Waals surface area contributed by atoms with Gasteiger partial charge >= 0.3 is 0 Å². The number of aromatic nitrogens is 1. The number of thiocarbonyl (C=S) groups is 1. The first-order chi connectivity index (χ1) is 7.33. The second-order valence-corrected chi connectivity index (χ2v) is 6.44. The minimum atomic E-state index is -3.62. The van der Waals surface area contributed by atoms with Gasteiger partial charge in [-0.25, -0.2) is 13.4 Å². The topological polar surface area (TPSA) is 85.1 Å². The predicted octanol–water partition coefficient (Wildman–Crippen LogP) is 1.26. The minimum absolute atomic E-state index is 0.0791. The molecule has 0 aliphatic carbocycles. The van der Waals surface area contributed by atoms with Crippen molar-refractivity contribution in [3.63, 3.8) is 0 Å². The van der Waals surface area contributed by atoms with Crippen LogP contribution in [0.1, 0.15) is 6.92 Å².